The lowest BCUT2D eigenvalue weighted by Gasteiger charge is -2.36. The van der Waals surface area contributed by atoms with Crippen molar-refractivity contribution in [3.63, 3.8) is 0 Å². The molecule has 0 unspecified atom stereocenters. The van der Waals surface area contributed by atoms with Crippen molar-refractivity contribution in [2.75, 3.05) is 24.2 Å². The van der Waals surface area contributed by atoms with Crippen molar-refractivity contribution in [3.8, 4) is 0 Å². The third kappa shape index (κ3) is 2.39. The Labute approximate surface area is 89.7 Å². The average molecular weight is 207 g/mol. The molecule has 1 aromatic heterocycles. The predicted molar refractivity (Wildman–Crippen MR) is 61.1 cm³/mol. The molecule has 1 saturated carbocycles. The zero-order valence-corrected chi connectivity index (χ0v) is 8.95. The number of nitrogens with zero attached hydrogens (tertiary/aromatic N) is 1. The number of hydrogen-bond acceptors (Lipinski definition) is 4. The maximum atomic E-state index is 9.90. The van der Waals surface area contributed by atoms with E-state index in [2.05, 4.69) is 15.6 Å². The Hall–Kier alpha value is -1.29. The monoisotopic (exact) mass is 207 g/mol. The quantitative estimate of drug-likeness (QED) is 0.699. The van der Waals surface area contributed by atoms with E-state index in [0.29, 0.717) is 6.54 Å². The van der Waals surface area contributed by atoms with Gasteiger partial charge in [-0.15, -0.1) is 0 Å². The van der Waals surface area contributed by atoms with E-state index in [1.54, 1.807) is 6.20 Å². The van der Waals surface area contributed by atoms with Crippen molar-refractivity contribution in [3.05, 3.63) is 18.3 Å². The van der Waals surface area contributed by atoms with Crippen LogP contribution in [0.15, 0.2) is 18.3 Å². The number of rotatable bonds is 4. The SMILES string of the molecule is CNc1cc(NCC2(O)CCC2)ccn1. The van der Waals surface area contributed by atoms with Crippen LogP contribution in [0.2, 0.25) is 0 Å². The van der Waals surface area contributed by atoms with Crippen molar-refractivity contribution in [1.29, 1.82) is 0 Å². The molecule has 1 heterocycles. The van der Waals surface area contributed by atoms with Gasteiger partial charge in [0.1, 0.15) is 5.82 Å². The zero-order valence-electron chi connectivity index (χ0n) is 8.95. The number of anilines is 2. The number of aliphatic hydroxyl groups is 1. The van der Waals surface area contributed by atoms with Crippen LogP contribution in [-0.4, -0.2) is 29.3 Å². The largest absolute Gasteiger partial charge is 0.388 e. The van der Waals surface area contributed by atoms with Crippen LogP contribution in [0, 0.1) is 0 Å². The molecular weight excluding hydrogens is 190 g/mol. The average Bonchev–Trinajstić information content (AvgIpc) is 2.24. The molecule has 15 heavy (non-hydrogen) atoms. The Kier molecular flexibility index (Phi) is 2.77. The van der Waals surface area contributed by atoms with Crippen LogP contribution in [0.1, 0.15) is 19.3 Å². The molecule has 0 bridgehead atoms. The van der Waals surface area contributed by atoms with Gasteiger partial charge in [0.15, 0.2) is 0 Å². The second kappa shape index (κ2) is 4.06. The number of nitrogens with one attached hydrogen (secondary N) is 2. The smallest absolute Gasteiger partial charge is 0.127 e. The van der Waals surface area contributed by atoms with E-state index in [4.69, 9.17) is 0 Å². The van der Waals surface area contributed by atoms with Gasteiger partial charge in [0.05, 0.1) is 5.60 Å². The molecule has 82 valence electrons. The maximum absolute atomic E-state index is 9.90. The first-order valence-corrected chi connectivity index (χ1v) is 5.32. The van der Waals surface area contributed by atoms with E-state index in [1.807, 2.05) is 19.2 Å². The van der Waals surface area contributed by atoms with E-state index in [0.717, 1.165) is 30.8 Å². The molecule has 0 atom stereocenters. The number of hydrogen-bond donors (Lipinski definition) is 3. The van der Waals surface area contributed by atoms with E-state index in [-0.39, 0.29) is 0 Å². The summed E-state index contributed by atoms with van der Waals surface area (Å²) in [6, 6.07) is 3.84. The fraction of sp³-hybridized carbons (Fsp3) is 0.545. The molecule has 1 aliphatic carbocycles. The van der Waals surface area contributed by atoms with Gasteiger partial charge in [0, 0.05) is 31.5 Å². The van der Waals surface area contributed by atoms with Crippen molar-refractivity contribution in [2.45, 2.75) is 24.9 Å². The Morgan fingerprint density at radius 2 is 2.33 bits per heavy atom. The summed E-state index contributed by atoms with van der Waals surface area (Å²) in [5, 5.41) is 16.1. The predicted octanol–water partition coefficient (Wildman–Crippen LogP) is 1.45. The first kappa shape index (κ1) is 10.2. The minimum atomic E-state index is -0.483. The van der Waals surface area contributed by atoms with Crippen LogP contribution in [0.4, 0.5) is 11.5 Å². The van der Waals surface area contributed by atoms with Gasteiger partial charge in [0.25, 0.3) is 0 Å². The van der Waals surface area contributed by atoms with Gasteiger partial charge in [-0.25, -0.2) is 4.98 Å². The van der Waals surface area contributed by atoms with Crippen LogP contribution in [0.25, 0.3) is 0 Å². The van der Waals surface area contributed by atoms with Crippen LogP contribution >= 0.6 is 0 Å². The van der Waals surface area contributed by atoms with Crippen LogP contribution in [0.5, 0.6) is 0 Å². The summed E-state index contributed by atoms with van der Waals surface area (Å²) in [4.78, 5) is 4.12. The van der Waals surface area contributed by atoms with Gasteiger partial charge >= 0.3 is 0 Å². The molecule has 0 aliphatic heterocycles. The van der Waals surface area contributed by atoms with Crippen LogP contribution in [0.3, 0.4) is 0 Å². The molecule has 0 spiro atoms. The molecule has 1 aromatic rings. The first-order valence-electron chi connectivity index (χ1n) is 5.32. The summed E-state index contributed by atoms with van der Waals surface area (Å²) >= 11 is 0. The fourth-order valence-electron chi connectivity index (χ4n) is 1.71. The molecule has 4 heteroatoms. The summed E-state index contributed by atoms with van der Waals surface area (Å²) < 4.78 is 0. The second-order valence-electron chi connectivity index (χ2n) is 4.11. The van der Waals surface area contributed by atoms with Gasteiger partial charge in [0.2, 0.25) is 0 Å². The lowest BCUT2D eigenvalue weighted by atomic mass is 9.80. The fourth-order valence-corrected chi connectivity index (χ4v) is 1.71. The molecule has 1 fully saturated rings. The Morgan fingerprint density at radius 1 is 1.53 bits per heavy atom. The first-order chi connectivity index (χ1) is 7.22. The lowest BCUT2D eigenvalue weighted by Crippen LogP contribution is -2.43. The molecule has 3 N–H and O–H groups in total. The lowest BCUT2D eigenvalue weighted by molar-refractivity contribution is -0.0201. The Bertz CT molecular complexity index is 336. The van der Waals surface area contributed by atoms with Crippen LogP contribution < -0.4 is 10.6 Å². The molecule has 1 aliphatic rings. The van der Waals surface area contributed by atoms with Crippen molar-refractivity contribution >= 4 is 11.5 Å². The molecule has 0 radical (unpaired) electrons. The third-order valence-electron chi connectivity index (χ3n) is 2.92. The van der Waals surface area contributed by atoms with Gasteiger partial charge in [-0.05, 0) is 25.3 Å². The zero-order chi connectivity index (χ0) is 10.7. The molecule has 4 nitrogen and oxygen atoms in total. The van der Waals surface area contributed by atoms with Crippen molar-refractivity contribution in [2.24, 2.45) is 0 Å². The second-order valence-corrected chi connectivity index (χ2v) is 4.11. The summed E-state index contributed by atoms with van der Waals surface area (Å²) in [5.41, 5.74) is 0.512. The van der Waals surface area contributed by atoms with Gasteiger partial charge in [-0.3, -0.25) is 0 Å². The highest BCUT2D eigenvalue weighted by molar-refractivity contribution is 5.51. The van der Waals surface area contributed by atoms with E-state index >= 15 is 0 Å². The van der Waals surface area contributed by atoms with Gasteiger partial charge < -0.3 is 15.7 Å². The molecule has 0 amide bonds. The topological polar surface area (TPSA) is 57.2 Å². The highest BCUT2D eigenvalue weighted by atomic mass is 16.3. The van der Waals surface area contributed by atoms with E-state index in [9.17, 15) is 5.11 Å². The highest BCUT2D eigenvalue weighted by Gasteiger charge is 2.33. The summed E-state index contributed by atoms with van der Waals surface area (Å²) in [6.45, 7) is 0.625. The van der Waals surface area contributed by atoms with E-state index < -0.39 is 5.60 Å². The number of pyridine rings is 1. The maximum Gasteiger partial charge on any atom is 0.127 e. The van der Waals surface area contributed by atoms with Crippen molar-refractivity contribution < 1.29 is 5.11 Å². The Balaban J connectivity index is 1.92. The summed E-state index contributed by atoms with van der Waals surface area (Å²) in [7, 11) is 1.84. The highest BCUT2D eigenvalue weighted by Crippen LogP contribution is 2.31. The normalized spacial score (nSPS) is 18.0. The minimum absolute atomic E-state index is 0.483. The molecule has 0 saturated heterocycles. The van der Waals surface area contributed by atoms with Gasteiger partial charge in [-0.2, -0.15) is 0 Å². The summed E-state index contributed by atoms with van der Waals surface area (Å²) in [5.74, 6) is 0.834. The third-order valence-corrected chi connectivity index (χ3v) is 2.92. The van der Waals surface area contributed by atoms with Crippen molar-refractivity contribution in [1.82, 2.24) is 4.98 Å². The Morgan fingerprint density at radius 3 is 2.93 bits per heavy atom. The molecule has 2 rings (SSSR count). The molecule has 0 aromatic carbocycles. The van der Waals surface area contributed by atoms with Gasteiger partial charge in [-0.1, -0.05) is 0 Å². The molecular formula is C11H17N3O. The minimum Gasteiger partial charge on any atom is -0.388 e. The van der Waals surface area contributed by atoms with E-state index in [1.165, 1.54) is 0 Å². The summed E-state index contributed by atoms with van der Waals surface area (Å²) in [6.07, 6.45) is 4.70. The number of aromatic nitrogens is 1. The van der Waals surface area contributed by atoms with Crippen LogP contribution in [-0.2, 0) is 0 Å². The standard InChI is InChI=1S/C11H17N3O/c1-12-10-7-9(3-6-13-10)14-8-11(15)4-2-5-11/h3,6-7,15H,2,4-5,8H2,1H3,(H2,12,13,14).